The summed E-state index contributed by atoms with van der Waals surface area (Å²) in [5.41, 5.74) is 9.43. The predicted octanol–water partition coefficient (Wildman–Crippen LogP) is 2.15. The van der Waals surface area contributed by atoms with Crippen LogP contribution in [0.4, 0.5) is 10.5 Å². The summed E-state index contributed by atoms with van der Waals surface area (Å²) in [4.78, 5) is 43.8. The molecule has 10 heteroatoms. The molecule has 0 spiro atoms. The molecule has 34 heavy (non-hydrogen) atoms. The molecule has 1 aromatic carbocycles. The molecule has 0 aliphatic carbocycles. The number of amides is 2. The number of piperazine rings is 1. The second kappa shape index (κ2) is 9.74. The van der Waals surface area contributed by atoms with Crippen LogP contribution < -0.4 is 10.6 Å². The van der Waals surface area contributed by atoms with Crippen molar-refractivity contribution >= 4 is 23.7 Å². The first-order chi connectivity index (χ1) is 16.3. The maximum Gasteiger partial charge on any atom is 0.412 e. The van der Waals surface area contributed by atoms with Gasteiger partial charge in [-0.3, -0.25) is 9.48 Å². The van der Waals surface area contributed by atoms with Gasteiger partial charge in [-0.2, -0.15) is 5.10 Å². The quantitative estimate of drug-likeness (QED) is 0.455. The molecule has 176 valence electrons. The summed E-state index contributed by atoms with van der Waals surface area (Å²) in [6, 6.07) is 13.1. The topological polar surface area (TPSA) is 124 Å². The number of rotatable bonds is 5. The Morgan fingerprint density at radius 3 is 2.44 bits per heavy atom. The molecule has 10 nitrogen and oxygen atoms in total. The third-order valence-electron chi connectivity index (χ3n) is 5.74. The van der Waals surface area contributed by atoms with Gasteiger partial charge in [-0.05, 0) is 43.7 Å². The minimum Gasteiger partial charge on any atom is -0.372 e. The zero-order chi connectivity index (χ0) is 24.2. The normalized spacial score (nSPS) is 13.6. The number of carbonyl (C=O) groups excluding carboxylic acids is 3. The Hall–Kier alpha value is -4.21. The van der Waals surface area contributed by atoms with E-state index < -0.39 is 12.1 Å². The summed E-state index contributed by atoms with van der Waals surface area (Å²) < 4.78 is 6.18. The van der Waals surface area contributed by atoms with Crippen molar-refractivity contribution in [3.8, 4) is 11.1 Å². The van der Waals surface area contributed by atoms with Crippen LogP contribution in [0, 0.1) is 13.8 Å². The van der Waals surface area contributed by atoms with Crippen LogP contribution in [0.5, 0.6) is 0 Å². The van der Waals surface area contributed by atoms with Crippen LogP contribution in [0.15, 0.2) is 48.7 Å². The zero-order valence-electron chi connectivity index (χ0n) is 19.1. The number of esters is 1. The van der Waals surface area contributed by atoms with Gasteiger partial charge < -0.3 is 20.3 Å². The molecule has 0 bridgehead atoms. The first-order valence-electron chi connectivity index (χ1n) is 10.9. The molecule has 2 aromatic heterocycles. The standard InChI is InChI=1S/C24H26N6O4/c1-16-13-17(2)30(27-16)15-22(31)29-11-9-28(10-12-29)21-6-4-3-5-19(21)18-7-8-26-20(14-18)23(32)34-24(25)33/h3-8,13-14H,9-12,15H2,1-2H3,(H2,25,33). The SMILES string of the molecule is Cc1cc(C)n(CC(=O)N2CCN(c3ccccc3-c3ccnc(C(=O)OC(N)=O)c3)CC2)n1. The number of pyridine rings is 1. The van der Waals surface area contributed by atoms with Crippen LogP contribution in [0.1, 0.15) is 21.9 Å². The van der Waals surface area contributed by atoms with Crippen LogP contribution in [0.2, 0.25) is 0 Å². The van der Waals surface area contributed by atoms with Crippen molar-refractivity contribution in [2.24, 2.45) is 5.73 Å². The van der Waals surface area contributed by atoms with E-state index in [4.69, 9.17) is 5.73 Å². The second-order valence-electron chi connectivity index (χ2n) is 8.11. The van der Waals surface area contributed by atoms with Crippen molar-refractivity contribution in [1.29, 1.82) is 0 Å². The Bertz CT molecular complexity index is 1230. The fourth-order valence-corrected chi connectivity index (χ4v) is 4.11. The van der Waals surface area contributed by atoms with Gasteiger partial charge in [0.1, 0.15) is 12.2 Å². The molecule has 1 fully saturated rings. The highest BCUT2D eigenvalue weighted by atomic mass is 16.6. The number of para-hydroxylation sites is 1. The lowest BCUT2D eigenvalue weighted by atomic mass is 10.0. The highest BCUT2D eigenvalue weighted by Gasteiger charge is 2.24. The van der Waals surface area contributed by atoms with Crippen LogP contribution in [0.25, 0.3) is 11.1 Å². The average Bonchev–Trinajstić information content (AvgIpc) is 3.15. The number of benzene rings is 1. The summed E-state index contributed by atoms with van der Waals surface area (Å²) in [5.74, 6) is -0.854. The van der Waals surface area contributed by atoms with Gasteiger partial charge in [0, 0.05) is 49.3 Å². The van der Waals surface area contributed by atoms with E-state index in [2.05, 4.69) is 19.7 Å². The number of anilines is 1. The van der Waals surface area contributed by atoms with Gasteiger partial charge in [0.2, 0.25) is 5.91 Å². The molecule has 4 rings (SSSR count). The van der Waals surface area contributed by atoms with Gasteiger partial charge in [0.15, 0.2) is 0 Å². The Balaban J connectivity index is 1.47. The third-order valence-corrected chi connectivity index (χ3v) is 5.74. The van der Waals surface area contributed by atoms with E-state index in [0.717, 1.165) is 28.2 Å². The highest BCUT2D eigenvalue weighted by molar-refractivity contribution is 5.95. The number of ether oxygens (including phenoxy) is 1. The summed E-state index contributed by atoms with van der Waals surface area (Å²) in [7, 11) is 0. The fourth-order valence-electron chi connectivity index (χ4n) is 4.11. The second-order valence-corrected chi connectivity index (χ2v) is 8.11. The molecule has 3 heterocycles. The number of carbonyl (C=O) groups is 3. The van der Waals surface area contributed by atoms with E-state index >= 15 is 0 Å². The van der Waals surface area contributed by atoms with Gasteiger partial charge in [0.25, 0.3) is 0 Å². The summed E-state index contributed by atoms with van der Waals surface area (Å²) in [6.45, 7) is 6.62. The van der Waals surface area contributed by atoms with Crippen LogP contribution in [-0.4, -0.2) is 63.8 Å². The highest BCUT2D eigenvalue weighted by Crippen LogP contribution is 2.31. The molecule has 1 aliphatic rings. The molecule has 0 saturated carbocycles. The number of nitrogens with two attached hydrogens (primary N) is 1. The summed E-state index contributed by atoms with van der Waals surface area (Å²) in [6.07, 6.45) is 0.308. The van der Waals surface area contributed by atoms with Crippen molar-refractivity contribution in [3.05, 3.63) is 65.7 Å². The summed E-state index contributed by atoms with van der Waals surface area (Å²) >= 11 is 0. The van der Waals surface area contributed by atoms with Crippen molar-refractivity contribution < 1.29 is 19.1 Å². The molecule has 1 aliphatic heterocycles. The fraction of sp³-hybridized carbons (Fsp3) is 0.292. The van der Waals surface area contributed by atoms with Crippen LogP contribution in [-0.2, 0) is 16.1 Å². The van der Waals surface area contributed by atoms with Crippen molar-refractivity contribution in [2.45, 2.75) is 20.4 Å². The maximum atomic E-state index is 12.8. The zero-order valence-corrected chi connectivity index (χ0v) is 19.1. The largest absolute Gasteiger partial charge is 0.412 e. The van der Waals surface area contributed by atoms with Crippen molar-refractivity contribution in [2.75, 3.05) is 31.1 Å². The van der Waals surface area contributed by atoms with Crippen molar-refractivity contribution in [1.82, 2.24) is 19.7 Å². The van der Waals surface area contributed by atoms with Crippen molar-refractivity contribution in [3.63, 3.8) is 0 Å². The van der Waals surface area contributed by atoms with Gasteiger partial charge in [-0.1, -0.05) is 18.2 Å². The average molecular weight is 463 g/mol. The molecule has 0 atom stereocenters. The third kappa shape index (κ3) is 5.06. The minimum absolute atomic E-state index is 0.00864. The smallest absolute Gasteiger partial charge is 0.372 e. The number of aromatic nitrogens is 3. The molecule has 0 radical (unpaired) electrons. The molecule has 2 N–H and O–H groups in total. The number of primary amides is 1. The van der Waals surface area contributed by atoms with E-state index in [1.807, 2.05) is 49.1 Å². The Morgan fingerprint density at radius 1 is 1.03 bits per heavy atom. The lowest BCUT2D eigenvalue weighted by Gasteiger charge is -2.37. The van der Waals surface area contributed by atoms with E-state index in [1.165, 1.54) is 6.20 Å². The lowest BCUT2D eigenvalue weighted by molar-refractivity contribution is -0.132. The number of hydrogen-bond donors (Lipinski definition) is 1. The molecule has 3 aromatic rings. The van der Waals surface area contributed by atoms with Crippen LogP contribution in [0.3, 0.4) is 0 Å². The Kier molecular flexibility index (Phi) is 6.58. The number of nitrogens with zero attached hydrogens (tertiary/aromatic N) is 5. The Morgan fingerprint density at radius 2 is 1.76 bits per heavy atom. The monoisotopic (exact) mass is 462 g/mol. The van der Waals surface area contributed by atoms with Gasteiger partial charge in [0.05, 0.1) is 5.69 Å². The summed E-state index contributed by atoms with van der Waals surface area (Å²) in [5, 5.41) is 4.38. The number of hydrogen-bond acceptors (Lipinski definition) is 7. The van der Waals surface area contributed by atoms with Gasteiger partial charge in [-0.25, -0.2) is 14.6 Å². The van der Waals surface area contributed by atoms with Gasteiger partial charge >= 0.3 is 12.1 Å². The molecule has 2 amide bonds. The lowest BCUT2D eigenvalue weighted by Crippen LogP contribution is -2.49. The van der Waals surface area contributed by atoms with E-state index in [0.29, 0.717) is 26.2 Å². The molecular formula is C24H26N6O4. The van der Waals surface area contributed by atoms with E-state index in [9.17, 15) is 14.4 Å². The predicted molar refractivity (Wildman–Crippen MR) is 125 cm³/mol. The first-order valence-corrected chi connectivity index (χ1v) is 10.9. The molecule has 0 unspecified atom stereocenters. The maximum absolute atomic E-state index is 12.8. The van der Waals surface area contributed by atoms with Gasteiger partial charge in [-0.15, -0.1) is 0 Å². The minimum atomic E-state index is -1.18. The number of aryl methyl sites for hydroxylation is 2. The molecular weight excluding hydrogens is 436 g/mol. The van der Waals surface area contributed by atoms with E-state index in [1.54, 1.807) is 16.8 Å². The van der Waals surface area contributed by atoms with E-state index in [-0.39, 0.29) is 18.1 Å². The molecule has 1 saturated heterocycles. The first kappa shape index (κ1) is 23.0. The van der Waals surface area contributed by atoms with Crippen LogP contribution >= 0.6 is 0 Å². The Labute approximate surface area is 196 Å².